The molecule has 0 aliphatic carbocycles. The van der Waals surface area contributed by atoms with E-state index in [0.29, 0.717) is 13.0 Å². The van der Waals surface area contributed by atoms with E-state index in [1.54, 1.807) is 0 Å². The van der Waals surface area contributed by atoms with Gasteiger partial charge in [-0.2, -0.15) is 0 Å². The Morgan fingerprint density at radius 1 is 0.686 bits per heavy atom. The van der Waals surface area contributed by atoms with Gasteiger partial charge in [-0.15, -0.1) is 0 Å². The second kappa shape index (κ2) is 23.2. The number of rotatable bonds is 27. The Morgan fingerprint density at radius 2 is 1.17 bits per heavy atom. The molecule has 7 heteroatoms. The van der Waals surface area contributed by atoms with Gasteiger partial charge in [0.2, 0.25) is 0 Å². The Kier molecular flexibility index (Phi) is 23.2. The Morgan fingerprint density at radius 3 is 1.63 bits per heavy atom. The summed E-state index contributed by atoms with van der Waals surface area (Å²) >= 11 is 0. The van der Waals surface area contributed by atoms with Gasteiger partial charge in [0.05, 0.1) is 47.0 Å². The lowest BCUT2D eigenvalue weighted by Crippen LogP contribution is -2.35. The molecule has 0 bridgehead atoms. The van der Waals surface area contributed by atoms with Crippen LogP contribution in [-0.4, -0.2) is 58.1 Å². The minimum atomic E-state index is -4.26. The Bertz CT molecular complexity index is 498. The Hall–Kier alpha value is 0.0300. The zero-order chi connectivity index (χ0) is 26.3. The van der Waals surface area contributed by atoms with Crippen LogP contribution in [0.1, 0.15) is 129 Å². The molecular weight excluding hydrogens is 461 g/mol. The molecule has 0 spiro atoms. The summed E-state index contributed by atoms with van der Waals surface area (Å²) < 4.78 is 28.7. The number of hydrogen-bond acceptors (Lipinski definition) is 5. The van der Waals surface area contributed by atoms with Crippen molar-refractivity contribution in [1.29, 1.82) is 0 Å². The van der Waals surface area contributed by atoms with Gasteiger partial charge in [-0.1, -0.05) is 103 Å². The fraction of sp³-hybridized carbons (Fsp3) is 1.00. The second-order valence-corrected chi connectivity index (χ2v) is 12.5. The van der Waals surface area contributed by atoms with Crippen molar-refractivity contribution in [3.8, 4) is 0 Å². The van der Waals surface area contributed by atoms with E-state index in [4.69, 9.17) is 13.8 Å². The Balaban J connectivity index is 3.69. The maximum absolute atomic E-state index is 12.0. The highest BCUT2D eigenvalue weighted by atomic mass is 31.2. The van der Waals surface area contributed by atoms with Crippen LogP contribution in [0, 0.1) is 0 Å². The predicted molar refractivity (Wildman–Crippen MR) is 147 cm³/mol. The molecule has 0 aromatic rings. The molecular formula is C28H60NO5P. The molecule has 0 saturated carbocycles. The third kappa shape index (κ3) is 26.9. The molecule has 2 atom stereocenters. The first-order chi connectivity index (χ1) is 16.7. The van der Waals surface area contributed by atoms with Crippen molar-refractivity contribution in [2.45, 2.75) is 136 Å². The van der Waals surface area contributed by atoms with E-state index < -0.39 is 7.82 Å². The average molecular weight is 522 g/mol. The number of phosphoric ester groups is 1. The highest BCUT2D eigenvalue weighted by Gasteiger charge is 2.15. The van der Waals surface area contributed by atoms with E-state index in [-0.39, 0.29) is 19.3 Å². The second-order valence-electron chi connectivity index (χ2n) is 11.1. The number of unbranched alkanes of at least 4 members (excludes halogenated alkanes) is 15. The highest BCUT2D eigenvalue weighted by Crippen LogP contribution is 2.38. The summed E-state index contributed by atoms with van der Waals surface area (Å²) in [6, 6.07) is 0. The smallest absolute Gasteiger partial charge is 0.267 e. The number of nitrogens with zero attached hydrogens (tertiary/aromatic N) is 1. The van der Waals surface area contributed by atoms with Crippen molar-refractivity contribution in [1.82, 2.24) is 0 Å². The van der Waals surface area contributed by atoms with E-state index in [1.807, 2.05) is 6.92 Å². The number of ether oxygens (including phenoxy) is 1. The fourth-order valence-corrected chi connectivity index (χ4v) is 5.05. The monoisotopic (exact) mass is 521 g/mol. The molecule has 2 unspecified atom stereocenters. The van der Waals surface area contributed by atoms with Crippen LogP contribution in [0.3, 0.4) is 0 Å². The van der Waals surface area contributed by atoms with E-state index >= 15 is 0 Å². The SMILES string of the molecule is CCCCCCCCCCCCCCCCCC(COP(=O)([O-])OCCCC[N+](C)(C)C)OCC. The number of phosphoric acid groups is 1. The third-order valence-corrected chi connectivity index (χ3v) is 7.39. The van der Waals surface area contributed by atoms with Crippen LogP contribution in [0.5, 0.6) is 0 Å². The van der Waals surface area contributed by atoms with Gasteiger partial charge in [0, 0.05) is 6.61 Å². The summed E-state index contributed by atoms with van der Waals surface area (Å²) in [5.41, 5.74) is 0. The summed E-state index contributed by atoms with van der Waals surface area (Å²) in [4.78, 5) is 12.0. The topological polar surface area (TPSA) is 67.8 Å². The average Bonchev–Trinajstić information content (AvgIpc) is 2.79. The van der Waals surface area contributed by atoms with Crippen molar-refractivity contribution in [3.05, 3.63) is 0 Å². The molecule has 0 rings (SSSR count). The van der Waals surface area contributed by atoms with Crippen LogP contribution >= 0.6 is 7.82 Å². The lowest BCUT2D eigenvalue weighted by Gasteiger charge is -2.26. The zero-order valence-corrected chi connectivity index (χ0v) is 25.0. The normalized spacial score (nSPS) is 14.8. The van der Waals surface area contributed by atoms with Crippen LogP contribution in [0.2, 0.25) is 0 Å². The van der Waals surface area contributed by atoms with Gasteiger partial charge in [-0.05, 0) is 26.2 Å². The maximum atomic E-state index is 12.0. The van der Waals surface area contributed by atoms with Gasteiger partial charge in [-0.3, -0.25) is 4.57 Å². The molecule has 0 fully saturated rings. The van der Waals surface area contributed by atoms with Gasteiger partial charge in [0.25, 0.3) is 7.82 Å². The summed E-state index contributed by atoms with van der Waals surface area (Å²) in [5, 5.41) is 0. The third-order valence-electron chi connectivity index (χ3n) is 6.42. The fourth-order valence-electron chi connectivity index (χ4n) is 4.27. The summed E-state index contributed by atoms with van der Waals surface area (Å²) in [6.45, 7) is 5.97. The lowest BCUT2D eigenvalue weighted by atomic mass is 10.0. The number of quaternary nitrogens is 1. The largest absolute Gasteiger partial charge is 0.756 e. The van der Waals surface area contributed by atoms with E-state index in [1.165, 1.54) is 89.9 Å². The van der Waals surface area contributed by atoms with Crippen molar-refractivity contribution in [2.75, 3.05) is 47.5 Å². The summed E-state index contributed by atoms with van der Waals surface area (Å²) in [6.07, 6.45) is 22.3. The van der Waals surface area contributed by atoms with Crippen LogP contribution in [-0.2, 0) is 18.3 Å². The lowest BCUT2D eigenvalue weighted by molar-refractivity contribution is -0.870. The van der Waals surface area contributed by atoms with Crippen LogP contribution in [0.4, 0.5) is 0 Å². The first-order valence-electron chi connectivity index (χ1n) is 14.7. The molecule has 0 N–H and O–H groups in total. The van der Waals surface area contributed by atoms with Gasteiger partial charge in [0.1, 0.15) is 0 Å². The highest BCUT2D eigenvalue weighted by molar-refractivity contribution is 7.45. The van der Waals surface area contributed by atoms with Gasteiger partial charge < -0.3 is 23.2 Å². The predicted octanol–water partition coefficient (Wildman–Crippen LogP) is 7.64. The van der Waals surface area contributed by atoms with Gasteiger partial charge >= 0.3 is 0 Å². The summed E-state index contributed by atoms with van der Waals surface area (Å²) in [5.74, 6) is 0. The van der Waals surface area contributed by atoms with E-state index in [2.05, 4.69) is 28.1 Å². The Labute approximate surface area is 218 Å². The van der Waals surface area contributed by atoms with E-state index in [9.17, 15) is 9.46 Å². The van der Waals surface area contributed by atoms with Gasteiger partial charge in [-0.25, -0.2) is 0 Å². The standard InChI is InChI=1S/C28H60NO5P/c1-6-8-9-10-11-12-13-14-15-16-17-18-19-20-21-24-28(32-7-2)27-34-35(30,31)33-26-23-22-25-29(3,4)5/h28H,6-27H2,1-5H3. The first kappa shape index (κ1) is 35.0. The molecule has 0 saturated heterocycles. The van der Waals surface area contributed by atoms with Crippen LogP contribution < -0.4 is 4.89 Å². The zero-order valence-electron chi connectivity index (χ0n) is 24.1. The molecule has 0 aliphatic rings. The van der Waals surface area contributed by atoms with Crippen LogP contribution in [0.25, 0.3) is 0 Å². The minimum Gasteiger partial charge on any atom is -0.756 e. The van der Waals surface area contributed by atoms with Crippen molar-refractivity contribution < 1.29 is 27.7 Å². The molecule has 0 aliphatic heterocycles. The molecule has 0 amide bonds. The molecule has 0 aromatic carbocycles. The van der Waals surface area contributed by atoms with Crippen molar-refractivity contribution in [3.63, 3.8) is 0 Å². The van der Waals surface area contributed by atoms with Gasteiger partial charge in [0.15, 0.2) is 0 Å². The molecule has 0 aromatic heterocycles. The maximum Gasteiger partial charge on any atom is 0.267 e. The van der Waals surface area contributed by atoms with Crippen molar-refractivity contribution >= 4 is 7.82 Å². The molecule has 212 valence electrons. The quantitative estimate of drug-likeness (QED) is 0.0631. The van der Waals surface area contributed by atoms with E-state index in [0.717, 1.165) is 30.3 Å². The minimum absolute atomic E-state index is 0.0477. The molecule has 0 radical (unpaired) electrons. The van der Waals surface area contributed by atoms with Crippen molar-refractivity contribution in [2.24, 2.45) is 0 Å². The molecule has 6 nitrogen and oxygen atoms in total. The molecule has 35 heavy (non-hydrogen) atoms. The summed E-state index contributed by atoms with van der Waals surface area (Å²) in [7, 11) is 2.10. The molecule has 0 heterocycles. The first-order valence-corrected chi connectivity index (χ1v) is 16.2. The van der Waals surface area contributed by atoms with Crippen LogP contribution in [0.15, 0.2) is 0 Å². The number of hydrogen-bond donors (Lipinski definition) is 0.